The molecule has 28 heavy (non-hydrogen) atoms. The summed E-state index contributed by atoms with van der Waals surface area (Å²) < 4.78 is 16.5. The molecular formula is C21H22N2O5. The van der Waals surface area contributed by atoms with Crippen molar-refractivity contribution < 1.29 is 23.8 Å². The van der Waals surface area contributed by atoms with E-state index in [-0.39, 0.29) is 24.7 Å². The van der Waals surface area contributed by atoms with Gasteiger partial charge in [0.1, 0.15) is 6.10 Å². The zero-order chi connectivity index (χ0) is 19.8. The van der Waals surface area contributed by atoms with Crippen molar-refractivity contribution in [3.05, 3.63) is 53.6 Å². The van der Waals surface area contributed by atoms with Gasteiger partial charge in [-0.1, -0.05) is 30.3 Å². The van der Waals surface area contributed by atoms with Gasteiger partial charge in [-0.2, -0.15) is 0 Å². The van der Waals surface area contributed by atoms with Gasteiger partial charge < -0.3 is 24.8 Å². The fourth-order valence-corrected chi connectivity index (χ4v) is 4.17. The molecule has 0 radical (unpaired) electrons. The maximum absolute atomic E-state index is 12.5. The number of carbonyl (C=O) groups is 2. The molecule has 3 atom stereocenters. The highest BCUT2D eigenvalue weighted by Crippen LogP contribution is 2.49. The van der Waals surface area contributed by atoms with Crippen molar-refractivity contribution in [3.63, 3.8) is 0 Å². The highest BCUT2D eigenvalue weighted by atomic mass is 16.7. The molecule has 0 bridgehead atoms. The number of benzene rings is 2. The van der Waals surface area contributed by atoms with Crippen molar-refractivity contribution in [2.75, 3.05) is 11.7 Å². The van der Waals surface area contributed by atoms with Gasteiger partial charge in [-0.05, 0) is 25.0 Å². The molecule has 2 heterocycles. The molecular weight excluding hydrogens is 360 g/mol. The first-order valence-electron chi connectivity index (χ1n) is 9.19. The summed E-state index contributed by atoms with van der Waals surface area (Å²) in [5, 5.41) is 0. The lowest BCUT2D eigenvalue weighted by atomic mass is 9.79. The summed E-state index contributed by atoms with van der Waals surface area (Å²) in [4.78, 5) is 25.9. The molecule has 0 saturated carbocycles. The van der Waals surface area contributed by atoms with Gasteiger partial charge in [-0.25, -0.2) is 4.79 Å². The number of ether oxygens (including phenoxy) is 3. The Morgan fingerprint density at radius 2 is 1.86 bits per heavy atom. The van der Waals surface area contributed by atoms with E-state index >= 15 is 0 Å². The molecule has 2 aromatic rings. The molecule has 0 aliphatic carbocycles. The number of amides is 2. The molecule has 2 N–H and O–H groups in total. The van der Waals surface area contributed by atoms with Crippen LogP contribution in [0.2, 0.25) is 0 Å². The number of rotatable bonds is 3. The Balaban J connectivity index is 1.84. The molecule has 0 fully saturated rings. The number of carbonyl (C=O) groups excluding carboxylic acids is 2. The van der Waals surface area contributed by atoms with E-state index in [2.05, 4.69) is 0 Å². The van der Waals surface area contributed by atoms with Crippen LogP contribution in [0.3, 0.4) is 0 Å². The summed E-state index contributed by atoms with van der Waals surface area (Å²) in [7, 11) is 0. The molecule has 2 aliphatic rings. The molecule has 7 nitrogen and oxygen atoms in total. The van der Waals surface area contributed by atoms with Crippen LogP contribution in [0.4, 0.5) is 10.5 Å². The Labute approximate surface area is 163 Å². The normalized spacial score (nSPS) is 22.5. The van der Waals surface area contributed by atoms with Gasteiger partial charge in [0.15, 0.2) is 11.5 Å². The highest BCUT2D eigenvalue weighted by Gasteiger charge is 2.43. The summed E-state index contributed by atoms with van der Waals surface area (Å²) >= 11 is 0. The predicted octanol–water partition coefficient (Wildman–Crippen LogP) is 3.17. The Kier molecular flexibility index (Phi) is 4.58. The van der Waals surface area contributed by atoms with Gasteiger partial charge >= 0.3 is 6.09 Å². The fourth-order valence-electron chi connectivity index (χ4n) is 4.17. The van der Waals surface area contributed by atoms with Crippen LogP contribution < -0.4 is 20.1 Å². The number of nitrogens with two attached hydrogens (primary N) is 1. The van der Waals surface area contributed by atoms with E-state index in [1.165, 1.54) is 6.92 Å². The van der Waals surface area contributed by atoms with E-state index in [0.29, 0.717) is 29.2 Å². The van der Waals surface area contributed by atoms with Crippen LogP contribution in [0.15, 0.2) is 42.5 Å². The quantitative estimate of drug-likeness (QED) is 0.880. The van der Waals surface area contributed by atoms with Crippen LogP contribution in [-0.4, -0.2) is 24.8 Å². The standard InChI is InChI=1S/C21H22N2O5/c1-12-15(8-14-6-4-3-5-7-14)20(28-21(22)25)16-9-18-19(27-11-26-18)10-17(16)23(12)13(2)24/h3-7,9-10,12,15,20H,8,11H2,1-2H3,(H2,22,25). The van der Waals surface area contributed by atoms with Gasteiger partial charge in [-0.15, -0.1) is 0 Å². The Morgan fingerprint density at radius 1 is 1.18 bits per heavy atom. The van der Waals surface area contributed by atoms with Gasteiger partial charge in [0.05, 0.1) is 5.69 Å². The zero-order valence-corrected chi connectivity index (χ0v) is 15.8. The highest BCUT2D eigenvalue weighted by molar-refractivity contribution is 5.94. The van der Waals surface area contributed by atoms with Crippen molar-refractivity contribution >= 4 is 17.7 Å². The molecule has 2 aliphatic heterocycles. The minimum absolute atomic E-state index is 0.0943. The smallest absolute Gasteiger partial charge is 0.405 e. The average Bonchev–Trinajstić information content (AvgIpc) is 3.11. The van der Waals surface area contributed by atoms with Crippen molar-refractivity contribution in [3.8, 4) is 11.5 Å². The van der Waals surface area contributed by atoms with Crippen molar-refractivity contribution in [2.24, 2.45) is 11.7 Å². The molecule has 0 aromatic heterocycles. The van der Waals surface area contributed by atoms with E-state index in [1.807, 2.05) is 37.3 Å². The summed E-state index contributed by atoms with van der Waals surface area (Å²) in [6.07, 6.45) is -0.833. The monoisotopic (exact) mass is 382 g/mol. The molecule has 0 saturated heterocycles. The number of primary amides is 1. The summed E-state index contributed by atoms with van der Waals surface area (Å²) in [5.74, 6) is 0.861. The number of anilines is 1. The average molecular weight is 382 g/mol. The number of fused-ring (bicyclic) bond motifs is 2. The minimum Gasteiger partial charge on any atom is -0.454 e. The van der Waals surface area contributed by atoms with Crippen LogP contribution in [0.1, 0.15) is 31.1 Å². The molecule has 4 rings (SSSR count). The van der Waals surface area contributed by atoms with Gasteiger partial charge in [0.25, 0.3) is 0 Å². The van der Waals surface area contributed by atoms with Gasteiger partial charge in [-0.3, -0.25) is 4.79 Å². The molecule has 2 amide bonds. The Bertz CT molecular complexity index is 915. The number of nitrogens with zero attached hydrogens (tertiary/aromatic N) is 1. The SMILES string of the molecule is CC(=O)N1c2cc3c(cc2C(OC(N)=O)C(Cc2ccccc2)C1C)OCO3. The van der Waals surface area contributed by atoms with Crippen molar-refractivity contribution in [2.45, 2.75) is 32.4 Å². The summed E-state index contributed by atoms with van der Waals surface area (Å²) in [6, 6.07) is 13.2. The molecule has 146 valence electrons. The van der Waals surface area contributed by atoms with E-state index in [4.69, 9.17) is 19.9 Å². The lowest BCUT2D eigenvalue weighted by Gasteiger charge is -2.44. The summed E-state index contributed by atoms with van der Waals surface area (Å²) in [5.41, 5.74) is 7.82. The first-order valence-corrected chi connectivity index (χ1v) is 9.19. The van der Waals surface area contributed by atoms with Crippen molar-refractivity contribution in [1.29, 1.82) is 0 Å². The van der Waals surface area contributed by atoms with Crippen LogP contribution >= 0.6 is 0 Å². The second-order valence-corrected chi connectivity index (χ2v) is 7.10. The number of hydrogen-bond donors (Lipinski definition) is 1. The Hall–Kier alpha value is -3.22. The lowest BCUT2D eigenvalue weighted by molar-refractivity contribution is -0.117. The van der Waals surface area contributed by atoms with Crippen LogP contribution in [0, 0.1) is 5.92 Å². The molecule has 7 heteroatoms. The van der Waals surface area contributed by atoms with E-state index in [0.717, 1.165) is 5.56 Å². The van der Waals surface area contributed by atoms with Crippen LogP contribution in [-0.2, 0) is 16.0 Å². The maximum atomic E-state index is 12.5. The Morgan fingerprint density at radius 3 is 2.50 bits per heavy atom. The lowest BCUT2D eigenvalue weighted by Crippen LogP contribution is -2.49. The minimum atomic E-state index is -0.852. The first-order chi connectivity index (χ1) is 13.5. The third kappa shape index (κ3) is 3.13. The topological polar surface area (TPSA) is 91.1 Å². The maximum Gasteiger partial charge on any atom is 0.405 e. The summed E-state index contributed by atoms with van der Waals surface area (Å²) in [6.45, 7) is 3.60. The molecule has 0 spiro atoms. The van der Waals surface area contributed by atoms with Crippen LogP contribution in [0.25, 0.3) is 0 Å². The second-order valence-electron chi connectivity index (χ2n) is 7.10. The fraction of sp³-hybridized carbons (Fsp3) is 0.333. The molecule has 2 aromatic carbocycles. The predicted molar refractivity (Wildman–Crippen MR) is 102 cm³/mol. The third-order valence-electron chi connectivity index (χ3n) is 5.40. The number of hydrogen-bond acceptors (Lipinski definition) is 5. The molecule has 3 unspecified atom stereocenters. The largest absolute Gasteiger partial charge is 0.454 e. The van der Waals surface area contributed by atoms with Gasteiger partial charge in [0, 0.05) is 30.5 Å². The van der Waals surface area contributed by atoms with Crippen molar-refractivity contribution in [1.82, 2.24) is 0 Å². The van der Waals surface area contributed by atoms with Gasteiger partial charge in [0.2, 0.25) is 12.7 Å². The van der Waals surface area contributed by atoms with E-state index in [1.54, 1.807) is 17.0 Å². The van der Waals surface area contributed by atoms with E-state index in [9.17, 15) is 9.59 Å². The third-order valence-corrected chi connectivity index (χ3v) is 5.40. The van der Waals surface area contributed by atoms with E-state index < -0.39 is 12.2 Å². The zero-order valence-electron chi connectivity index (χ0n) is 15.8. The first kappa shape index (κ1) is 18.2. The van der Waals surface area contributed by atoms with Crippen LogP contribution in [0.5, 0.6) is 11.5 Å². The second kappa shape index (κ2) is 7.07.